The van der Waals surface area contributed by atoms with Crippen LogP contribution in [0, 0.1) is 28.6 Å². The number of carbonyl (C=O) groups excluding carboxylic acids is 3. The number of allylic oxidation sites excluding steroid dienone is 4. The van der Waals surface area contributed by atoms with Crippen LogP contribution in [0.3, 0.4) is 0 Å². The summed E-state index contributed by atoms with van der Waals surface area (Å²) < 4.78 is 38.9. The van der Waals surface area contributed by atoms with Gasteiger partial charge in [0.15, 0.2) is 12.4 Å². The number of ketones is 2. The maximum Gasteiger partial charge on any atom is 1.00 e. The average Bonchev–Trinajstić information content (AvgIpc) is 3.13. The van der Waals surface area contributed by atoms with Crippen molar-refractivity contribution in [2.75, 3.05) is 6.61 Å². The third kappa shape index (κ3) is 4.81. The van der Waals surface area contributed by atoms with Gasteiger partial charge in [-0.1, -0.05) is 31.6 Å². The summed E-state index contributed by atoms with van der Waals surface area (Å²) in [7, 11) is -4.78. The molecule has 11 heteroatoms. The maximum atomic E-state index is 13.4. The molecule has 0 heterocycles. The summed E-state index contributed by atoms with van der Waals surface area (Å²) in [4.78, 5) is 37.3. The summed E-state index contributed by atoms with van der Waals surface area (Å²) in [6.45, 7) is 3.13. The average molecular weight is 567 g/mol. The summed E-state index contributed by atoms with van der Waals surface area (Å²) >= 11 is 0. The molecule has 3 saturated carbocycles. The minimum Gasteiger partial charge on any atom is -0.744 e. The van der Waals surface area contributed by atoms with Crippen LogP contribution in [0.2, 0.25) is 0 Å². The van der Waals surface area contributed by atoms with E-state index in [0.29, 0.717) is 12.8 Å². The largest absolute Gasteiger partial charge is 1.00 e. The van der Waals surface area contributed by atoms with Crippen molar-refractivity contribution in [2.45, 2.75) is 62.6 Å². The fourth-order valence-electron chi connectivity index (χ4n) is 7.90. The number of hydrogen-bond acceptors (Lipinski definition) is 9. The van der Waals surface area contributed by atoms with E-state index in [4.69, 9.17) is 4.74 Å². The zero-order chi connectivity index (χ0) is 27.7. The first-order valence-electron chi connectivity index (χ1n) is 12.8. The quantitative estimate of drug-likeness (QED) is 0.268. The SMILES string of the molecule is C[C@]12C=CC(=O)C=C1CC[C@@H]1[C@@H]2[C@@H](O)C[C@@]2(C)[C@H]1CC[C@]2(O)C(=O)COC(=O)c1cccc(S(=O)(=O)[O-])c1.[Na+]. The van der Waals surface area contributed by atoms with Crippen molar-refractivity contribution in [3.63, 3.8) is 0 Å². The molecule has 1 aromatic carbocycles. The Labute approximate surface area is 249 Å². The molecule has 1 aromatic rings. The number of carbonyl (C=O) groups is 3. The Hall–Kier alpha value is -1.66. The fraction of sp³-hybridized carbons (Fsp3) is 0.536. The van der Waals surface area contributed by atoms with Gasteiger partial charge in [-0.3, -0.25) is 9.59 Å². The van der Waals surface area contributed by atoms with E-state index in [2.05, 4.69) is 0 Å². The molecule has 39 heavy (non-hydrogen) atoms. The molecule has 204 valence electrons. The normalized spacial score (nSPS) is 37.1. The Bertz CT molecular complexity index is 1380. The van der Waals surface area contributed by atoms with Crippen LogP contribution in [-0.4, -0.2) is 59.0 Å². The second kappa shape index (κ2) is 10.3. The van der Waals surface area contributed by atoms with Crippen LogP contribution in [0.25, 0.3) is 0 Å². The molecule has 0 aromatic heterocycles. The van der Waals surface area contributed by atoms with E-state index < -0.39 is 55.9 Å². The number of esters is 1. The summed E-state index contributed by atoms with van der Waals surface area (Å²) in [5.74, 6) is -1.89. The number of rotatable bonds is 5. The molecule has 4 aliphatic rings. The van der Waals surface area contributed by atoms with E-state index in [9.17, 15) is 37.6 Å². The van der Waals surface area contributed by atoms with E-state index in [1.165, 1.54) is 12.1 Å². The molecular weight excluding hydrogens is 535 g/mol. The number of fused-ring (bicyclic) bond motifs is 5. The molecule has 7 atom stereocenters. The van der Waals surface area contributed by atoms with Gasteiger partial charge in [0.2, 0.25) is 5.78 Å². The number of aliphatic hydroxyl groups excluding tert-OH is 1. The Morgan fingerprint density at radius 3 is 2.62 bits per heavy atom. The predicted molar refractivity (Wildman–Crippen MR) is 133 cm³/mol. The van der Waals surface area contributed by atoms with Crippen LogP contribution in [0.1, 0.15) is 56.3 Å². The first kappa shape index (κ1) is 30.3. The molecule has 0 aliphatic heterocycles. The van der Waals surface area contributed by atoms with Crippen LogP contribution in [0.4, 0.5) is 0 Å². The Balaban J connectivity index is 0.00000353. The van der Waals surface area contributed by atoms with Crippen molar-refractivity contribution in [1.82, 2.24) is 0 Å². The van der Waals surface area contributed by atoms with Gasteiger partial charge < -0.3 is 19.5 Å². The van der Waals surface area contributed by atoms with Gasteiger partial charge in [0.05, 0.1) is 16.6 Å². The van der Waals surface area contributed by atoms with E-state index >= 15 is 0 Å². The van der Waals surface area contributed by atoms with Gasteiger partial charge in [0.25, 0.3) is 0 Å². The van der Waals surface area contributed by atoms with Crippen molar-refractivity contribution in [3.8, 4) is 0 Å². The minimum absolute atomic E-state index is 0. The zero-order valence-electron chi connectivity index (χ0n) is 22.3. The van der Waals surface area contributed by atoms with Crippen molar-refractivity contribution >= 4 is 27.7 Å². The Morgan fingerprint density at radius 1 is 1.21 bits per heavy atom. The van der Waals surface area contributed by atoms with E-state index in [-0.39, 0.29) is 71.5 Å². The van der Waals surface area contributed by atoms with Crippen LogP contribution >= 0.6 is 0 Å². The van der Waals surface area contributed by atoms with Gasteiger partial charge in [0.1, 0.15) is 15.7 Å². The summed E-state index contributed by atoms with van der Waals surface area (Å²) in [6.07, 6.45) is 6.66. The first-order valence-corrected chi connectivity index (χ1v) is 14.2. The third-order valence-corrected chi connectivity index (χ3v) is 10.6. The van der Waals surface area contributed by atoms with E-state index in [1.54, 1.807) is 12.2 Å². The number of hydrogen-bond donors (Lipinski definition) is 2. The van der Waals surface area contributed by atoms with E-state index in [1.807, 2.05) is 19.9 Å². The molecular formula is C28H31NaO9S. The third-order valence-electron chi connectivity index (χ3n) is 9.80. The fourth-order valence-corrected chi connectivity index (χ4v) is 8.42. The first-order chi connectivity index (χ1) is 17.7. The number of ether oxygens (including phenoxy) is 1. The molecule has 3 fully saturated rings. The smallest absolute Gasteiger partial charge is 0.744 e. The van der Waals surface area contributed by atoms with Gasteiger partial charge in [-0.25, -0.2) is 13.2 Å². The second-order valence-electron chi connectivity index (χ2n) is 11.6. The van der Waals surface area contributed by atoms with Gasteiger partial charge >= 0.3 is 35.5 Å². The molecule has 2 N–H and O–H groups in total. The van der Waals surface area contributed by atoms with E-state index in [0.717, 1.165) is 24.1 Å². The molecule has 0 spiro atoms. The van der Waals surface area contributed by atoms with Crippen LogP contribution in [0.15, 0.2) is 53.0 Å². The van der Waals surface area contributed by atoms with Crippen molar-refractivity contribution in [3.05, 3.63) is 53.6 Å². The van der Waals surface area contributed by atoms with Gasteiger partial charge in [-0.15, -0.1) is 0 Å². The Morgan fingerprint density at radius 2 is 1.92 bits per heavy atom. The summed E-state index contributed by atoms with van der Waals surface area (Å²) in [5.41, 5.74) is -2.42. The predicted octanol–water partition coefficient (Wildman–Crippen LogP) is -0.670. The topological polar surface area (TPSA) is 158 Å². The van der Waals surface area contributed by atoms with Gasteiger partial charge in [0, 0.05) is 16.7 Å². The Kier molecular flexibility index (Phi) is 8.01. The maximum absolute atomic E-state index is 13.4. The summed E-state index contributed by atoms with van der Waals surface area (Å²) in [5, 5.41) is 23.2. The van der Waals surface area contributed by atoms with Crippen molar-refractivity contribution in [1.29, 1.82) is 0 Å². The summed E-state index contributed by atoms with van der Waals surface area (Å²) in [6, 6.07) is 4.43. The van der Waals surface area contributed by atoms with Crippen LogP contribution in [-0.2, 0) is 24.4 Å². The van der Waals surface area contributed by atoms with Gasteiger partial charge in [-0.2, -0.15) is 0 Å². The second-order valence-corrected chi connectivity index (χ2v) is 13.0. The molecule has 0 amide bonds. The molecule has 4 aliphatic carbocycles. The molecule has 0 bridgehead atoms. The number of aliphatic hydroxyl groups is 2. The monoisotopic (exact) mass is 566 g/mol. The zero-order valence-corrected chi connectivity index (χ0v) is 25.1. The molecule has 0 radical (unpaired) electrons. The van der Waals surface area contributed by atoms with Crippen LogP contribution in [0.5, 0.6) is 0 Å². The molecule has 9 nitrogen and oxygen atoms in total. The molecule has 0 saturated heterocycles. The molecule has 5 rings (SSSR count). The van der Waals surface area contributed by atoms with Crippen molar-refractivity contribution < 1.29 is 71.9 Å². The van der Waals surface area contributed by atoms with Crippen molar-refractivity contribution in [2.24, 2.45) is 28.6 Å². The number of benzene rings is 1. The number of Topliss-reactive ketones (excluding diaryl/α,β-unsaturated/α-hetero) is 1. The molecule has 0 unspecified atom stereocenters. The van der Waals surface area contributed by atoms with Gasteiger partial charge in [-0.05, 0) is 74.3 Å². The minimum atomic E-state index is -4.78. The standard InChI is InChI=1S/C28H32O9S.Na/c1-26-10-8-18(29)13-17(26)6-7-20-21-9-11-28(33,27(21,2)14-22(30)24(20)26)23(31)15-37-25(32)16-4-3-5-19(12-16)38(34,35)36;/h3-5,8,10,12-13,20-22,24,30,33H,6-7,9,11,14-15H2,1-2H3,(H,34,35,36);/q;+1/p-1/t20-,21-,22-,24+,26-,27-,28-;/m0./s1. The van der Waals surface area contributed by atoms with Crippen LogP contribution < -0.4 is 29.6 Å².